The molecule has 20 heavy (non-hydrogen) atoms. The van der Waals surface area contributed by atoms with Gasteiger partial charge in [0.15, 0.2) is 0 Å². The SMILES string of the molecule is CC(C)(C)OC(=O)N1CCCC1c1ncc(C(=O)O)[nH]1. The van der Waals surface area contributed by atoms with Gasteiger partial charge in [0.25, 0.3) is 0 Å². The van der Waals surface area contributed by atoms with Crippen molar-refractivity contribution in [2.24, 2.45) is 0 Å². The van der Waals surface area contributed by atoms with Gasteiger partial charge in [0, 0.05) is 6.54 Å². The third-order valence-corrected chi connectivity index (χ3v) is 3.02. The summed E-state index contributed by atoms with van der Waals surface area (Å²) in [6.45, 7) is 6.02. The van der Waals surface area contributed by atoms with Gasteiger partial charge in [-0.15, -0.1) is 0 Å². The first-order valence-corrected chi connectivity index (χ1v) is 6.56. The number of aromatic carboxylic acids is 1. The highest BCUT2D eigenvalue weighted by Crippen LogP contribution is 2.31. The minimum Gasteiger partial charge on any atom is -0.477 e. The summed E-state index contributed by atoms with van der Waals surface area (Å²) in [5.41, 5.74) is -0.532. The van der Waals surface area contributed by atoms with Crippen molar-refractivity contribution in [2.45, 2.75) is 45.3 Å². The molecule has 1 unspecified atom stereocenters. The summed E-state index contributed by atoms with van der Waals surface area (Å²) in [5.74, 6) is -0.573. The number of ether oxygens (including phenoxy) is 1. The van der Waals surface area contributed by atoms with E-state index in [1.807, 2.05) is 20.8 Å². The maximum atomic E-state index is 12.1. The molecule has 2 N–H and O–H groups in total. The first-order valence-electron chi connectivity index (χ1n) is 6.56. The molecular formula is C13H19N3O4. The molecule has 1 fully saturated rings. The normalized spacial score (nSPS) is 19.1. The maximum Gasteiger partial charge on any atom is 0.410 e. The quantitative estimate of drug-likeness (QED) is 0.866. The Morgan fingerprint density at radius 3 is 2.75 bits per heavy atom. The molecule has 2 heterocycles. The van der Waals surface area contributed by atoms with E-state index in [-0.39, 0.29) is 11.7 Å². The number of rotatable bonds is 2. The second-order valence-electron chi connectivity index (χ2n) is 5.82. The Hall–Kier alpha value is -2.05. The van der Waals surface area contributed by atoms with Crippen LogP contribution in [0, 0.1) is 0 Å². The number of aromatic nitrogens is 2. The molecular weight excluding hydrogens is 262 g/mol. The van der Waals surface area contributed by atoms with E-state index >= 15 is 0 Å². The average Bonchev–Trinajstić information content (AvgIpc) is 2.95. The number of carbonyl (C=O) groups excluding carboxylic acids is 1. The minimum absolute atomic E-state index is 0.0241. The molecule has 0 saturated carbocycles. The number of nitrogens with zero attached hydrogens (tertiary/aromatic N) is 2. The highest BCUT2D eigenvalue weighted by Gasteiger charge is 2.34. The Kier molecular flexibility index (Phi) is 3.69. The predicted octanol–water partition coefficient (Wildman–Crippen LogP) is 2.18. The summed E-state index contributed by atoms with van der Waals surface area (Å²) >= 11 is 0. The molecule has 1 aliphatic rings. The van der Waals surface area contributed by atoms with E-state index in [0.29, 0.717) is 12.4 Å². The Labute approximate surface area is 116 Å². The topological polar surface area (TPSA) is 95.5 Å². The molecule has 0 aromatic carbocycles. The molecule has 7 nitrogen and oxygen atoms in total. The van der Waals surface area contributed by atoms with Crippen LogP contribution in [0.3, 0.4) is 0 Å². The van der Waals surface area contributed by atoms with Gasteiger partial charge in [-0.2, -0.15) is 0 Å². The van der Waals surface area contributed by atoms with E-state index in [1.54, 1.807) is 4.90 Å². The Bertz CT molecular complexity index is 518. The van der Waals surface area contributed by atoms with Crippen molar-refractivity contribution >= 4 is 12.1 Å². The zero-order chi connectivity index (χ0) is 14.9. The van der Waals surface area contributed by atoms with Gasteiger partial charge in [0.1, 0.15) is 17.1 Å². The van der Waals surface area contributed by atoms with Crippen LogP contribution >= 0.6 is 0 Å². The van der Waals surface area contributed by atoms with Crippen LogP contribution in [-0.4, -0.2) is 44.2 Å². The molecule has 1 aliphatic heterocycles. The number of likely N-dealkylation sites (tertiary alicyclic amines) is 1. The first kappa shape index (κ1) is 14.4. The van der Waals surface area contributed by atoms with E-state index in [1.165, 1.54) is 6.20 Å². The third kappa shape index (κ3) is 3.09. The summed E-state index contributed by atoms with van der Waals surface area (Å²) in [6, 6.07) is -0.252. The number of amides is 1. The van der Waals surface area contributed by atoms with Crippen LogP contribution in [0.2, 0.25) is 0 Å². The fraction of sp³-hybridized carbons (Fsp3) is 0.615. The molecule has 0 spiro atoms. The van der Waals surface area contributed by atoms with Crippen LogP contribution in [0.1, 0.15) is 56.0 Å². The highest BCUT2D eigenvalue weighted by atomic mass is 16.6. The lowest BCUT2D eigenvalue weighted by atomic mass is 10.2. The summed E-state index contributed by atoms with van der Waals surface area (Å²) in [7, 11) is 0. The maximum absolute atomic E-state index is 12.1. The molecule has 1 aromatic rings. The van der Waals surface area contributed by atoms with Gasteiger partial charge in [0.05, 0.1) is 12.2 Å². The van der Waals surface area contributed by atoms with Crippen molar-refractivity contribution in [3.05, 3.63) is 17.7 Å². The van der Waals surface area contributed by atoms with Crippen molar-refractivity contribution in [1.29, 1.82) is 0 Å². The van der Waals surface area contributed by atoms with Gasteiger partial charge in [0.2, 0.25) is 0 Å². The number of carbonyl (C=O) groups is 2. The number of aromatic amines is 1. The Morgan fingerprint density at radius 2 is 2.20 bits per heavy atom. The molecule has 0 bridgehead atoms. The fourth-order valence-corrected chi connectivity index (χ4v) is 2.20. The number of hydrogen-bond acceptors (Lipinski definition) is 4. The van der Waals surface area contributed by atoms with Crippen LogP contribution in [0.5, 0.6) is 0 Å². The lowest BCUT2D eigenvalue weighted by molar-refractivity contribution is 0.0218. The first-order chi connectivity index (χ1) is 9.28. The van der Waals surface area contributed by atoms with E-state index < -0.39 is 17.7 Å². The molecule has 0 radical (unpaired) electrons. The molecule has 110 valence electrons. The van der Waals surface area contributed by atoms with Crippen LogP contribution in [0.4, 0.5) is 4.79 Å². The Morgan fingerprint density at radius 1 is 1.50 bits per heavy atom. The lowest BCUT2D eigenvalue weighted by Crippen LogP contribution is -2.36. The number of hydrogen-bond donors (Lipinski definition) is 2. The van der Waals surface area contributed by atoms with Crippen molar-refractivity contribution < 1.29 is 19.4 Å². The lowest BCUT2D eigenvalue weighted by Gasteiger charge is -2.27. The van der Waals surface area contributed by atoms with Gasteiger partial charge in [-0.25, -0.2) is 14.6 Å². The number of imidazole rings is 1. The van der Waals surface area contributed by atoms with Crippen molar-refractivity contribution in [3.8, 4) is 0 Å². The van der Waals surface area contributed by atoms with E-state index in [4.69, 9.17) is 9.84 Å². The second-order valence-corrected chi connectivity index (χ2v) is 5.82. The summed E-state index contributed by atoms with van der Waals surface area (Å²) < 4.78 is 5.36. The highest BCUT2D eigenvalue weighted by molar-refractivity contribution is 5.85. The molecule has 1 amide bonds. The molecule has 0 aliphatic carbocycles. The molecule has 7 heteroatoms. The van der Waals surface area contributed by atoms with Crippen LogP contribution in [-0.2, 0) is 4.74 Å². The zero-order valence-electron chi connectivity index (χ0n) is 11.8. The van der Waals surface area contributed by atoms with Gasteiger partial charge in [-0.05, 0) is 33.6 Å². The van der Waals surface area contributed by atoms with Crippen molar-refractivity contribution in [1.82, 2.24) is 14.9 Å². The van der Waals surface area contributed by atoms with Crippen molar-refractivity contribution in [3.63, 3.8) is 0 Å². The molecule has 1 aromatic heterocycles. The number of carboxylic acid groups (broad SMARTS) is 1. The third-order valence-electron chi connectivity index (χ3n) is 3.02. The van der Waals surface area contributed by atoms with Gasteiger partial charge in [-0.3, -0.25) is 4.90 Å². The number of nitrogens with one attached hydrogen (secondary N) is 1. The van der Waals surface area contributed by atoms with Gasteiger partial charge < -0.3 is 14.8 Å². The van der Waals surface area contributed by atoms with E-state index in [9.17, 15) is 9.59 Å². The van der Waals surface area contributed by atoms with E-state index in [2.05, 4.69) is 9.97 Å². The van der Waals surface area contributed by atoms with Crippen LogP contribution < -0.4 is 0 Å². The van der Waals surface area contributed by atoms with Gasteiger partial charge in [-0.1, -0.05) is 0 Å². The second kappa shape index (κ2) is 5.15. The Balaban J connectivity index is 2.14. The summed E-state index contributed by atoms with van der Waals surface area (Å²) in [6.07, 6.45) is 2.45. The van der Waals surface area contributed by atoms with E-state index in [0.717, 1.165) is 12.8 Å². The van der Waals surface area contributed by atoms with Gasteiger partial charge >= 0.3 is 12.1 Å². The van der Waals surface area contributed by atoms with Crippen LogP contribution in [0.25, 0.3) is 0 Å². The number of H-pyrrole nitrogens is 1. The summed E-state index contributed by atoms with van der Waals surface area (Å²) in [4.78, 5) is 31.4. The number of carboxylic acids is 1. The molecule has 1 atom stereocenters. The monoisotopic (exact) mass is 281 g/mol. The minimum atomic E-state index is -1.06. The average molecular weight is 281 g/mol. The zero-order valence-corrected chi connectivity index (χ0v) is 11.8. The molecule has 2 rings (SSSR count). The standard InChI is InChI=1S/C13H19N3O4/c1-13(2,3)20-12(19)16-6-4-5-9(16)10-14-7-8(15-10)11(17)18/h7,9H,4-6H2,1-3H3,(H,14,15)(H,17,18). The van der Waals surface area contributed by atoms with Crippen molar-refractivity contribution in [2.75, 3.05) is 6.54 Å². The fourth-order valence-electron chi connectivity index (χ4n) is 2.20. The largest absolute Gasteiger partial charge is 0.477 e. The van der Waals surface area contributed by atoms with Crippen LogP contribution in [0.15, 0.2) is 6.20 Å². The summed E-state index contributed by atoms with van der Waals surface area (Å²) in [5, 5.41) is 8.89. The predicted molar refractivity (Wildman–Crippen MR) is 70.5 cm³/mol. The molecule has 1 saturated heterocycles. The smallest absolute Gasteiger partial charge is 0.410 e.